The predicted molar refractivity (Wildman–Crippen MR) is 138 cm³/mol. The second-order valence-electron chi connectivity index (χ2n) is 7.30. The monoisotopic (exact) mass is 536 g/mol. The van der Waals surface area contributed by atoms with E-state index in [1.807, 2.05) is 25.1 Å². The van der Waals surface area contributed by atoms with E-state index in [1.54, 1.807) is 48.5 Å². The maximum Gasteiger partial charge on any atom is 0.349 e. The Kier molecular flexibility index (Phi) is 7.41. The number of hydrogen-bond donors (Lipinski definition) is 2. The molecule has 2 N–H and O–H groups in total. The largest absolute Gasteiger partial charge is 0.490 e. The molecular formula is C25H21BrN4O5. The number of halogens is 1. The van der Waals surface area contributed by atoms with Gasteiger partial charge >= 0.3 is 5.69 Å². The summed E-state index contributed by atoms with van der Waals surface area (Å²) >= 11 is 3.44. The lowest BCUT2D eigenvalue weighted by Gasteiger charge is -2.14. The van der Waals surface area contributed by atoms with E-state index >= 15 is 0 Å². The Morgan fingerprint density at radius 3 is 2.60 bits per heavy atom. The molecule has 4 aromatic rings. The van der Waals surface area contributed by atoms with Gasteiger partial charge in [0.05, 0.1) is 28.2 Å². The zero-order valence-electron chi connectivity index (χ0n) is 18.7. The zero-order chi connectivity index (χ0) is 24.8. The number of fused-ring (bicyclic) bond motifs is 1. The summed E-state index contributed by atoms with van der Waals surface area (Å²) in [5.74, 6) is 0.384. The molecule has 0 aliphatic carbocycles. The van der Waals surface area contributed by atoms with Crippen molar-refractivity contribution < 1.29 is 14.3 Å². The molecule has 0 saturated heterocycles. The maximum absolute atomic E-state index is 12.7. The van der Waals surface area contributed by atoms with Crippen molar-refractivity contribution in [2.45, 2.75) is 6.92 Å². The molecular weight excluding hydrogens is 516 g/mol. The number of amides is 1. The number of rotatable bonds is 8. The van der Waals surface area contributed by atoms with E-state index < -0.39 is 11.2 Å². The first kappa shape index (κ1) is 24.0. The minimum absolute atomic E-state index is 0.233. The third-order valence-corrected chi connectivity index (χ3v) is 5.43. The number of ether oxygens (including phenoxy) is 2. The lowest BCUT2D eigenvalue weighted by atomic mass is 10.2. The summed E-state index contributed by atoms with van der Waals surface area (Å²) in [7, 11) is 0. The summed E-state index contributed by atoms with van der Waals surface area (Å²) in [6.07, 6.45) is 1.37. The fourth-order valence-electron chi connectivity index (χ4n) is 3.30. The van der Waals surface area contributed by atoms with Crippen LogP contribution >= 0.6 is 15.9 Å². The number of anilines is 1. The molecule has 0 spiro atoms. The van der Waals surface area contributed by atoms with E-state index in [9.17, 15) is 14.4 Å². The molecule has 1 heterocycles. The van der Waals surface area contributed by atoms with Gasteiger partial charge in [0, 0.05) is 5.69 Å². The zero-order valence-corrected chi connectivity index (χ0v) is 20.2. The molecule has 0 bridgehead atoms. The smallest absolute Gasteiger partial charge is 0.349 e. The van der Waals surface area contributed by atoms with Crippen LogP contribution in [0.5, 0.6) is 11.5 Å². The number of nitrogens with zero attached hydrogens (tertiary/aromatic N) is 2. The van der Waals surface area contributed by atoms with Crippen LogP contribution in [0.4, 0.5) is 5.69 Å². The second-order valence-corrected chi connectivity index (χ2v) is 8.16. The van der Waals surface area contributed by atoms with Crippen LogP contribution in [0.3, 0.4) is 0 Å². The first-order valence-electron chi connectivity index (χ1n) is 10.7. The molecule has 0 radical (unpaired) electrons. The number of carbonyl (C=O) groups excluding carboxylic acids is 1. The van der Waals surface area contributed by atoms with Crippen molar-refractivity contribution in [2.75, 3.05) is 18.5 Å². The fraction of sp³-hybridized carbons (Fsp3) is 0.120. The van der Waals surface area contributed by atoms with Crippen LogP contribution in [0.15, 0.2) is 85.9 Å². The van der Waals surface area contributed by atoms with Gasteiger partial charge in [0.1, 0.15) is 0 Å². The maximum atomic E-state index is 12.7. The number of nitrogens with one attached hydrogen (secondary N) is 2. The fourth-order valence-corrected chi connectivity index (χ4v) is 3.88. The van der Waals surface area contributed by atoms with Crippen molar-refractivity contribution in [3.05, 3.63) is 97.6 Å². The highest BCUT2D eigenvalue weighted by molar-refractivity contribution is 9.10. The summed E-state index contributed by atoms with van der Waals surface area (Å²) in [5, 5.41) is 7.17. The Labute approximate surface area is 208 Å². The molecule has 0 aliphatic heterocycles. The van der Waals surface area contributed by atoms with E-state index in [-0.39, 0.29) is 12.5 Å². The van der Waals surface area contributed by atoms with Crippen LogP contribution in [-0.2, 0) is 4.79 Å². The summed E-state index contributed by atoms with van der Waals surface area (Å²) in [4.78, 5) is 39.9. The highest BCUT2D eigenvalue weighted by Crippen LogP contribution is 2.36. The lowest BCUT2D eigenvalue weighted by molar-refractivity contribution is -0.118. The average Bonchev–Trinajstić information content (AvgIpc) is 2.84. The second kappa shape index (κ2) is 10.8. The Bertz CT molecular complexity index is 1510. The van der Waals surface area contributed by atoms with Crippen LogP contribution in [-0.4, -0.2) is 35.0 Å². The Hall–Kier alpha value is -4.18. The minimum atomic E-state index is -0.654. The predicted octanol–water partition coefficient (Wildman–Crippen LogP) is 3.75. The van der Waals surface area contributed by atoms with Gasteiger partial charge in [-0.25, -0.2) is 4.79 Å². The quantitative estimate of drug-likeness (QED) is 0.333. The molecule has 0 aliphatic rings. The molecule has 4 rings (SSSR count). The molecule has 0 saturated carbocycles. The van der Waals surface area contributed by atoms with Crippen LogP contribution in [0.25, 0.3) is 10.9 Å². The van der Waals surface area contributed by atoms with Crippen molar-refractivity contribution in [2.24, 2.45) is 5.10 Å². The van der Waals surface area contributed by atoms with Gasteiger partial charge < -0.3 is 19.8 Å². The minimum Gasteiger partial charge on any atom is -0.490 e. The van der Waals surface area contributed by atoms with E-state index in [2.05, 4.69) is 31.3 Å². The first-order chi connectivity index (χ1) is 17.0. The van der Waals surface area contributed by atoms with Crippen LogP contribution in [0, 0.1) is 0 Å². The van der Waals surface area contributed by atoms with Crippen molar-refractivity contribution in [1.29, 1.82) is 0 Å². The molecule has 3 aromatic carbocycles. The molecule has 178 valence electrons. The number of hydrogen-bond acceptors (Lipinski definition) is 6. The SMILES string of the molecule is CCOc1cc(C=Nn2c(=O)[nH]c3ccccc3c2=O)cc(Br)c1OCC(=O)Nc1ccccc1. The average molecular weight is 537 g/mol. The molecule has 1 aromatic heterocycles. The lowest BCUT2D eigenvalue weighted by Crippen LogP contribution is -2.32. The summed E-state index contributed by atoms with van der Waals surface area (Å²) in [6, 6.07) is 19.1. The van der Waals surface area contributed by atoms with Crippen molar-refractivity contribution in [3.63, 3.8) is 0 Å². The van der Waals surface area contributed by atoms with Gasteiger partial charge in [-0.2, -0.15) is 5.10 Å². The highest BCUT2D eigenvalue weighted by atomic mass is 79.9. The van der Waals surface area contributed by atoms with Crippen molar-refractivity contribution in [3.8, 4) is 11.5 Å². The van der Waals surface area contributed by atoms with Crippen LogP contribution in [0.1, 0.15) is 12.5 Å². The van der Waals surface area contributed by atoms with Crippen LogP contribution < -0.4 is 26.0 Å². The summed E-state index contributed by atoms with van der Waals surface area (Å²) in [5.41, 5.74) is 0.456. The van der Waals surface area contributed by atoms with Gasteiger partial charge in [-0.1, -0.05) is 30.3 Å². The van der Waals surface area contributed by atoms with E-state index in [4.69, 9.17) is 9.47 Å². The van der Waals surface area contributed by atoms with Gasteiger partial charge in [0.2, 0.25) is 0 Å². The molecule has 10 heteroatoms. The molecule has 0 atom stereocenters. The summed E-state index contributed by atoms with van der Waals surface area (Å²) < 4.78 is 12.7. The molecule has 35 heavy (non-hydrogen) atoms. The van der Waals surface area contributed by atoms with Gasteiger partial charge in [0.25, 0.3) is 11.5 Å². The molecule has 0 unspecified atom stereocenters. The topological polar surface area (TPSA) is 115 Å². The molecule has 9 nitrogen and oxygen atoms in total. The third kappa shape index (κ3) is 5.67. The Balaban J connectivity index is 1.57. The number of aromatic amines is 1. The van der Waals surface area contributed by atoms with Gasteiger partial charge in [0.15, 0.2) is 18.1 Å². The number of benzene rings is 3. The normalized spacial score (nSPS) is 11.0. The first-order valence-corrected chi connectivity index (χ1v) is 11.5. The molecule has 0 fully saturated rings. The van der Waals surface area contributed by atoms with E-state index in [0.717, 1.165) is 4.68 Å². The molecule has 1 amide bonds. The number of H-pyrrole nitrogens is 1. The van der Waals surface area contributed by atoms with E-state index in [1.165, 1.54) is 6.21 Å². The van der Waals surface area contributed by atoms with Crippen LogP contribution in [0.2, 0.25) is 0 Å². The third-order valence-electron chi connectivity index (χ3n) is 4.84. The van der Waals surface area contributed by atoms with Gasteiger partial charge in [-0.15, -0.1) is 4.68 Å². The standard InChI is InChI=1S/C25H21BrN4O5/c1-2-34-21-13-16(14-27-30-24(32)18-10-6-7-11-20(18)29-25(30)33)12-19(26)23(21)35-15-22(31)28-17-8-4-3-5-9-17/h3-14H,2,15H2,1H3,(H,28,31)(H,29,33). The Morgan fingerprint density at radius 2 is 1.83 bits per heavy atom. The van der Waals surface area contributed by atoms with E-state index in [0.29, 0.717) is 44.7 Å². The van der Waals surface area contributed by atoms with Crippen molar-refractivity contribution >= 4 is 44.6 Å². The van der Waals surface area contributed by atoms with Gasteiger partial charge in [-0.3, -0.25) is 9.59 Å². The number of carbonyl (C=O) groups is 1. The van der Waals surface area contributed by atoms with Gasteiger partial charge in [-0.05, 0) is 64.8 Å². The van der Waals surface area contributed by atoms with Crippen molar-refractivity contribution in [1.82, 2.24) is 9.66 Å². The number of aromatic nitrogens is 2. The Morgan fingerprint density at radius 1 is 1.09 bits per heavy atom. The highest BCUT2D eigenvalue weighted by Gasteiger charge is 2.14. The summed E-state index contributed by atoms with van der Waals surface area (Å²) in [6.45, 7) is 1.93. The number of para-hydroxylation sites is 2.